The van der Waals surface area contributed by atoms with E-state index in [9.17, 15) is 0 Å². The average Bonchev–Trinajstić information content (AvgIpc) is 3.63. The zero-order valence-corrected chi connectivity index (χ0v) is 42.3. The number of aryl methyl sites for hydroxylation is 3. The Bertz CT molecular complexity index is 3990. The minimum Gasteiger partial charge on any atom is -0.336 e. The number of hydrogen-bond donors (Lipinski definition) is 0. The van der Waals surface area contributed by atoms with Gasteiger partial charge < -0.3 is 4.90 Å². The number of fused-ring (bicyclic) bond motifs is 3. The summed E-state index contributed by atoms with van der Waals surface area (Å²) in [4.78, 5) is 7.86. The van der Waals surface area contributed by atoms with Crippen molar-refractivity contribution in [3.05, 3.63) is 271 Å². The number of anilines is 2. The fourth-order valence-electron chi connectivity index (χ4n) is 11.1. The summed E-state index contributed by atoms with van der Waals surface area (Å²) in [6, 6.07) is 78.0. The van der Waals surface area contributed by atoms with Crippen molar-refractivity contribution in [2.45, 2.75) is 40.0 Å². The number of para-hydroxylation sites is 2. The van der Waals surface area contributed by atoms with Crippen LogP contribution in [0.5, 0.6) is 0 Å². The van der Waals surface area contributed by atoms with Crippen LogP contribution in [-0.4, -0.2) is 16.1 Å². The maximum absolute atomic E-state index is 5.44. The van der Waals surface area contributed by atoms with Gasteiger partial charge in [-0.3, -0.25) is 4.57 Å². The Balaban J connectivity index is 1.06. The van der Waals surface area contributed by atoms with Crippen LogP contribution in [0.3, 0.4) is 0 Å². The second-order valence-corrected chi connectivity index (χ2v) is 19.5. The molecule has 356 valence electrons. The molecule has 3 heteroatoms. The van der Waals surface area contributed by atoms with Gasteiger partial charge in [-0.05, 0) is 182 Å². The molecule has 0 saturated heterocycles. The number of aromatic nitrogens is 2. The second kappa shape index (κ2) is 20.2. The van der Waals surface area contributed by atoms with Crippen molar-refractivity contribution in [1.29, 1.82) is 0 Å². The third-order valence-electron chi connectivity index (χ3n) is 14.7. The lowest BCUT2D eigenvalue weighted by Crippen LogP contribution is -2.20. The first-order chi connectivity index (χ1) is 36.5. The van der Waals surface area contributed by atoms with Gasteiger partial charge in [-0.1, -0.05) is 183 Å². The molecule has 1 aromatic heterocycles. The van der Waals surface area contributed by atoms with Crippen LogP contribution in [0, 0.1) is 13.8 Å². The fourth-order valence-corrected chi connectivity index (χ4v) is 11.1. The third-order valence-corrected chi connectivity index (χ3v) is 14.7. The Labute approximate surface area is 435 Å². The molecule has 0 radical (unpaired) electrons. The van der Waals surface area contributed by atoms with Crippen molar-refractivity contribution in [3.63, 3.8) is 0 Å². The molecule has 0 fully saturated rings. The lowest BCUT2D eigenvalue weighted by molar-refractivity contribution is 0.796. The van der Waals surface area contributed by atoms with E-state index in [-0.39, 0.29) is 0 Å². The molecular formula is C71H57N3. The number of rotatable bonds is 13. The number of nitrogens with zero attached hydrogens (tertiary/aromatic N) is 3. The monoisotopic (exact) mass is 951 g/mol. The predicted octanol–water partition coefficient (Wildman–Crippen LogP) is 19.0. The van der Waals surface area contributed by atoms with E-state index in [0.717, 1.165) is 58.6 Å². The van der Waals surface area contributed by atoms with Gasteiger partial charge in [0.1, 0.15) is 5.82 Å². The lowest BCUT2D eigenvalue weighted by atomic mass is 9.83. The van der Waals surface area contributed by atoms with E-state index >= 15 is 0 Å². The topological polar surface area (TPSA) is 21.1 Å². The molecule has 0 atom stereocenters. The fraction of sp³-hybridized carbons (Fsp3) is 0.0986. The number of benzene rings is 10. The van der Waals surface area contributed by atoms with Crippen LogP contribution >= 0.6 is 0 Å². The van der Waals surface area contributed by atoms with E-state index in [4.69, 9.17) is 4.98 Å². The predicted molar refractivity (Wildman–Crippen MR) is 315 cm³/mol. The van der Waals surface area contributed by atoms with Crippen molar-refractivity contribution in [2.24, 2.45) is 0 Å². The van der Waals surface area contributed by atoms with E-state index in [1.807, 2.05) is 12.2 Å². The molecule has 0 unspecified atom stereocenters. The van der Waals surface area contributed by atoms with E-state index < -0.39 is 0 Å². The van der Waals surface area contributed by atoms with E-state index in [0.29, 0.717) is 6.54 Å². The summed E-state index contributed by atoms with van der Waals surface area (Å²) < 4.78 is 2.34. The Kier molecular flexibility index (Phi) is 12.6. The number of unbranched alkanes of at least 4 members (excludes halogenated alkanes) is 1. The first-order valence-electron chi connectivity index (χ1n) is 26.0. The van der Waals surface area contributed by atoms with Crippen LogP contribution in [0.4, 0.5) is 11.4 Å². The van der Waals surface area contributed by atoms with Gasteiger partial charge in [0.2, 0.25) is 0 Å². The average molecular weight is 952 g/mol. The molecule has 0 N–H and O–H groups in total. The molecule has 0 aliphatic heterocycles. The highest BCUT2D eigenvalue weighted by molar-refractivity contribution is 6.22. The molecule has 12 rings (SSSR count). The summed E-state index contributed by atoms with van der Waals surface area (Å²) in [5.74, 6) is 0.945. The molecule has 0 saturated carbocycles. The van der Waals surface area contributed by atoms with E-state index in [1.165, 1.54) is 88.4 Å². The Morgan fingerprint density at radius 1 is 0.500 bits per heavy atom. The normalized spacial score (nSPS) is 12.2. The molecule has 0 spiro atoms. The molecule has 1 aliphatic rings. The van der Waals surface area contributed by atoms with Crippen molar-refractivity contribution >= 4 is 44.0 Å². The molecule has 74 heavy (non-hydrogen) atoms. The number of allylic oxidation sites excluding steroid dienone is 3. The number of hydrogen-bond acceptors (Lipinski definition) is 2. The zero-order chi connectivity index (χ0) is 50.0. The molecule has 11 aromatic rings. The molecule has 1 heterocycles. The Morgan fingerprint density at radius 2 is 1.08 bits per heavy atom. The van der Waals surface area contributed by atoms with Crippen LogP contribution in [0.1, 0.15) is 36.5 Å². The van der Waals surface area contributed by atoms with Gasteiger partial charge in [-0.15, -0.1) is 5.73 Å². The standard InChI is InChI=1S/C71H57N3/c1-4-5-27-55-46-68-66(72-71(54-32-19-10-20-33-54)74(68)59-36-23-12-24-37-59)47-63(55)57-39-41-61-65(45-57)70(53-30-17-9-18-31-53)60-40-38-56(44-64(60)69(61)52-28-15-8-16-29-52)62-42-50(3)67(43-49(62)2)73(58-34-21-11-22-35-58)48-51-25-13-6-7-14-26-51/h6-25,28-47H,4-5,27,48H2,1-3H3. The summed E-state index contributed by atoms with van der Waals surface area (Å²) in [6.07, 6.45) is 13.5. The largest absolute Gasteiger partial charge is 0.336 e. The van der Waals surface area contributed by atoms with Gasteiger partial charge >= 0.3 is 0 Å². The smallest absolute Gasteiger partial charge is 0.145 e. The van der Waals surface area contributed by atoms with Gasteiger partial charge in [0, 0.05) is 28.2 Å². The highest BCUT2D eigenvalue weighted by atomic mass is 15.1. The second-order valence-electron chi connectivity index (χ2n) is 19.5. The van der Waals surface area contributed by atoms with Crippen molar-refractivity contribution in [2.75, 3.05) is 11.4 Å². The lowest BCUT2D eigenvalue weighted by Gasteiger charge is -2.28. The maximum Gasteiger partial charge on any atom is 0.145 e. The van der Waals surface area contributed by atoms with E-state index in [2.05, 4.69) is 267 Å². The summed E-state index contributed by atoms with van der Waals surface area (Å²) in [5, 5.41) is 4.92. The Morgan fingerprint density at radius 3 is 1.70 bits per heavy atom. The highest BCUT2D eigenvalue weighted by Crippen LogP contribution is 2.47. The zero-order valence-electron chi connectivity index (χ0n) is 42.3. The van der Waals surface area contributed by atoms with Crippen LogP contribution in [-0.2, 0) is 6.42 Å². The molecule has 0 bridgehead atoms. The van der Waals surface area contributed by atoms with Crippen molar-refractivity contribution in [3.8, 4) is 61.6 Å². The third kappa shape index (κ3) is 8.79. The van der Waals surface area contributed by atoms with Gasteiger partial charge in [0.25, 0.3) is 0 Å². The first-order valence-corrected chi connectivity index (χ1v) is 26.0. The minimum atomic E-state index is 0.703. The molecule has 10 aromatic carbocycles. The van der Waals surface area contributed by atoms with E-state index in [1.54, 1.807) is 0 Å². The van der Waals surface area contributed by atoms with Crippen LogP contribution in [0.15, 0.2) is 254 Å². The van der Waals surface area contributed by atoms with Crippen LogP contribution in [0.25, 0.3) is 94.2 Å². The summed E-state index contributed by atoms with van der Waals surface area (Å²) in [5.41, 5.74) is 24.8. The van der Waals surface area contributed by atoms with Gasteiger partial charge in [-0.2, -0.15) is 0 Å². The van der Waals surface area contributed by atoms with Crippen molar-refractivity contribution < 1.29 is 0 Å². The molecular weight excluding hydrogens is 895 g/mol. The number of imidazole rings is 1. The molecule has 1 aliphatic carbocycles. The highest BCUT2D eigenvalue weighted by Gasteiger charge is 2.23. The van der Waals surface area contributed by atoms with Gasteiger partial charge in [0.05, 0.1) is 17.6 Å². The first kappa shape index (κ1) is 46.1. The molecule has 3 nitrogen and oxygen atoms in total. The maximum atomic E-state index is 5.44. The van der Waals surface area contributed by atoms with Gasteiger partial charge in [0.15, 0.2) is 0 Å². The minimum absolute atomic E-state index is 0.703. The molecule has 0 amide bonds. The quantitative estimate of drug-likeness (QED) is 0.0848. The summed E-state index contributed by atoms with van der Waals surface area (Å²) in [7, 11) is 0. The van der Waals surface area contributed by atoms with Crippen LogP contribution < -0.4 is 4.90 Å². The van der Waals surface area contributed by atoms with Crippen molar-refractivity contribution in [1.82, 2.24) is 9.55 Å². The SMILES string of the molecule is CCCCc1cc2c(cc1-c1ccc3c(-c4ccccc4)c4cc(-c5cc(C)c(N(CC6=C=CC=CC=C6)c6ccccc6)cc5C)ccc4c(-c4ccccc4)c3c1)nc(-c1ccccc1)n2-c1ccccc1. The van der Waals surface area contributed by atoms with Crippen LogP contribution in [0.2, 0.25) is 0 Å². The summed E-state index contributed by atoms with van der Waals surface area (Å²) >= 11 is 0. The van der Waals surface area contributed by atoms with Gasteiger partial charge in [-0.25, -0.2) is 4.98 Å². The summed E-state index contributed by atoms with van der Waals surface area (Å²) in [6.45, 7) is 7.50. The Hall–Kier alpha value is -9.01.